The van der Waals surface area contributed by atoms with E-state index in [1.807, 2.05) is 0 Å². The molecule has 0 radical (unpaired) electrons. The zero-order valence-electron chi connectivity index (χ0n) is 10.3. The predicted octanol–water partition coefficient (Wildman–Crippen LogP) is 4.47. The van der Waals surface area contributed by atoms with E-state index in [0.717, 1.165) is 12.5 Å². The van der Waals surface area contributed by atoms with Crippen molar-refractivity contribution in [3.63, 3.8) is 0 Å². The van der Waals surface area contributed by atoms with Gasteiger partial charge in [0.1, 0.15) is 0 Å². The van der Waals surface area contributed by atoms with Crippen LogP contribution in [0.3, 0.4) is 0 Å². The Bertz CT molecular complexity index is 441. The highest BCUT2D eigenvalue weighted by Gasteiger charge is 2.01. The molecule has 16 heavy (non-hydrogen) atoms. The summed E-state index contributed by atoms with van der Waals surface area (Å²) < 4.78 is 2.37. The Hall–Kier alpha value is -1.24. The monoisotopic (exact) mass is 215 g/mol. The van der Waals surface area contributed by atoms with Crippen LogP contribution in [0.25, 0.3) is 10.9 Å². The molecular formula is C15H21N. The van der Waals surface area contributed by atoms with Crippen molar-refractivity contribution in [3.05, 3.63) is 36.5 Å². The van der Waals surface area contributed by atoms with Gasteiger partial charge < -0.3 is 4.57 Å². The fourth-order valence-electron chi connectivity index (χ4n) is 2.15. The normalized spacial score (nSPS) is 13.1. The van der Waals surface area contributed by atoms with Crippen LogP contribution in [0.4, 0.5) is 0 Å². The summed E-state index contributed by atoms with van der Waals surface area (Å²) in [6.45, 7) is 5.77. The van der Waals surface area contributed by atoms with Gasteiger partial charge in [-0.3, -0.25) is 0 Å². The lowest BCUT2D eigenvalue weighted by Gasteiger charge is -2.09. The average Bonchev–Trinajstić information content (AvgIpc) is 2.73. The second kappa shape index (κ2) is 5.20. The van der Waals surface area contributed by atoms with Gasteiger partial charge in [0.05, 0.1) is 0 Å². The summed E-state index contributed by atoms with van der Waals surface area (Å²) in [4.78, 5) is 0. The van der Waals surface area contributed by atoms with Gasteiger partial charge in [-0.05, 0) is 36.3 Å². The van der Waals surface area contributed by atoms with Crippen LogP contribution in [-0.2, 0) is 6.54 Å². The Morgan fingerprint density at radius 3 is 2.81 bits per heavy atom. The fourth-order valence-corrected chi connectivity index (χ4v) is 2.15. The van der Waals surface area contributed by atoms with Crippen molar-refractivity contribution in [3.8, 4) is 0 Å². The first kappa shape index (κ1) is 11.3. The van der Waals surface area contributed by atoms with E-state index in [4.69, 9.17) is 0 Å². The predicted molar refractivity (Wildman–Crippen MR) is 70.6 cm³/mol. The van der Waals surface area contributed by atoms with Crippen molar-refractivity contribution in [1.82, 2.24) is 4.57 Å². The summed E-state index contributed by atoms with van der Waals surface area (Å²) in [5, 5.41) is 1.35. The molecule has 0 spiro atoms. The quantitative estimate of drug-likeness (QED) is 0.693. The van der Waals surface area contributed by atoms with Crippen molar-refractivity contribution < 1.29 is 0 Å². The van der Waals surface area contributed by atoms with E-state index in [-0.39, 0.29) is 0 Å². The smallest absolute Gasteiger partial charge is 0.0480 e. The molecule has 86 valence electrons. The summed E-state index contributed by atoms with van der Waals surface area (Å²) in [6.07, 6.45) is 6.13. The molecule has 0 amide bonds. The van der Waals surface area contributed by atoms with Crippen LogP contribution in [0, 0.1) is 5.92 Å². The maximum absolute atomic E-state index is 2.37. The van der Waals surface area contributed by atoms with Crippen LogP contribution < -0.4 is 0 Å². The van der Waals surface area contributed by atoms with Crippen LogP contribution in [0.5, 0.6) is 0 Å². The lowest BCUT2D eigenvalue weighted by atomic mass is 10.0. The minimum Gasteiger partial charge on any atom is -0.347 e. The van der Waals surface area contributed by atoms with E-state index in [1.54, 1.807) is 0 Å². The third-order valence-corrected chi connectivity index (χ3v) is 3.47. The Morgan fingerprint density at radius 2 is 2.00 bits per heavy atom. The molecule has 0 fully saturated rings. The molecule has 1 aromatic heterocycles. The molecule has 0 aliphatic rings. The fraction of sp³-hybridized carbons (Fsp3) is 0.467. The van der Waals surface area contributed by atoms with E-state index < -0.39 is 0 Å². The number of rotatable bonds is 5. The molecule has 2 aromatic rings. The molecule has 1 aromatic carbocycles. The number of aryl methyl sites for hydroxylation is 1. The molecule has 1 atom stereocenters. The summed E-state index contributed by atoms with van der Waals surface area (Å²) in [5.74, 6) is 0.863. The molecule has 0 aliphatic carbocycles. The van der Waals surface area contributed by atoms with Gasteiger partial charge in [0.2, 0.25) is 0 Å². The first-order chi connectivity index (χ1) is 7.81. The Kier molecular flexibility index (Phi) is 3.66. The van der Waals surface area contributed by atoms with Gasteiger partial charge in [0.15, 0.2) is 0 Å². The summed E-state index contributed by atoms with van der Waals surface area (Å²) in [5.41, 5.74) is 1.37. The lowest BCUT2D eigenvalue weighted by Crippen LogP contribution is -1.99. The number of benzene rings is 1. The molecule has 1 unspecified atom stereocenters. The zero-order valence-corrected chi connectivity index (χ0v) is 10.3. The topological polar surface area (TPSA) is 4.93 Å². The standard InChI is InChI=1S/C15H21N/c1-3-13(2)7-6-11-16-12-10-14-8-4-5-9-15(14)16/h4-5,8-10,12-13H,3,6-7,11H2,1-2H3. The number of hydrogen-bond acceptors (Lipinski definition) is 0. The summed E-state index contributed by atoms with van der Waals surface area (Å²) in [7, 11) is 0. The Labute approximate surface area is 98.1 Å². The molecule has 1 heteroatoms. The van der Waals surface area contributed by atoms with E-state index in [9.17, 15) is 0 Å². The van der Waals surface area contributed by atoms with Crippen molar-refractivity contribution in [2.24, 2.45) is 5.92 Å². The van der Waals surface area contributed by atoms with E-state index >= 15 is 0 Å². The average molecular weight is 215 g/mol. The SMILES string of the molecule is CCC(C)CCCn1ccc2ccccc21. The highest BCUT2D eigenvalue weighted by Crippen LogP contribution is 2.17. The maximum atomic E-state index is 2.37. The van der Waals surface area contributed by atoms with Gasteiger partial charge >= 0.3 is 0 Å². The summed E-state index contributed by atoms with van der Waals surface area (Å²) in [6, 6.07) is 10.8. The van der Waals surface area contributed by atoms with Crippen molar-refractivity contribution in [1.29, 1.82) is 0 Å². The van der Waals surface area contributed by atoms with E-state index in [0.29, 0.717) is 0 Å². The van der Waals surface area contributed by atoms with Crippen LogP contribution >= 0.6 is 0 Å². The van der Waals surface area contributed by atoms with E-state index in [2.05, 4.69) is 54.9 Å². The number of hydrogen-bond donors (Lipinski definition) is 0. The first-order valence-corrected chi connectivity index (χ1v) is 6.35. The molecule has 0 saturated heterocycles. The highest BCUT2D eigenvalue weighted by atomic mass is 14.9. The minimum absolute atomic E-state index is 0.863. The highest BCUT2D eigenvalue weighted by molar-refractivity contribution is 5.79. The second-order valence-electron chi connectivity index (χ2n) is 4.72. The van der Waals surface area contributed by atoms with Crippen molar-refractivity contribution >= 4 is 10.9 Å². The number of nitrogens with zero attached hydrogens (tertiary/aromatic N) is 1. The van der Waals surface area contributed by atoms with Gasteiger partial charge in [-0.15, -0.1) is 0 Å². The number of fused-ring (bicyclic) bond motifs is 1. The van der Waals surface area contributed by atoms with Crippen LogP contribution in [-0.4, -0.2) is 4.57 Å². The van der Waals surface area contributed by atoms with E-state index in [1.165, 1.54) is 30.2 Å². The molecule has 0 saturated carbocycles. The molecule has 0 bridgehead atoms. The lowest BCUT2D eigenvalue weighted by molar-refractivity contribution is 0.472. The maximum Gasteiger partial charge on any atom is 0.0480 e. The minimum atomic E-state index is 0.863. The molecule has 2 rings (SSSR count). The second-order valence-corrected chi connectivity index (χ2v) is 4.72. The first-order valence-electron chi connectivity index (χ1n) is 6.35. The van der Waals surface area contributed by atoms with Crippen LogP contribution in [0.2, 0.25) is 0 Å². The molecule has 1 nitrogen and oxygen atoms in total. The largest absolute Gasteiger partial charge is 0.347 e. The molecule has 0 aliphatic heterocycles. The molecule has 1 heterocycles. The van der Waals surface area contributed by atoms with Gasteiger partial charge in [-0.1, -0.05) is 38.5 Å². The van der Waals surface area contributed by atoms with Crippen LogP contribution in [0.1, 0.15) is 33.1 Å². The van der Waals surface area contributed by atoms with Gasteiger partial charge in [-0.2, -0.15) is 0 Å². The van der Waals surface area contributed by atoms with Gasteiger partial charge in [0.25, 0.3) is 0 Å². The van der Waals surface area contributed by atoms with Crippen molar-refractivity contribution in [2.75, 3.05) is 0 Å². The number of aromatic nitrogens is 1. The third-order valence-electron chi connectivity index (χ3n) is 3.47. The number of para-hydroxylation sites is 1. The zero-order chi connectivity index (χ0) is 11.4. The summed E-state index contributed by atoms with van der Waals surface area (Å²) >= 11 is 0. The van der Waals surface area contributed by atoms with Crippen LogP contribution in [0.15, 0.2) is 36.5 Å². The Balaban J connectivity index is 1.99. The third kappa shape index (κ3) is 2.46. The van der Waals surface area contributed by atoms with Crippen molar-refractivity contribution in [2.45, 2.75) is 39.7 Å². The van der Waals surface area contributed by atoms with Gasteiger partial charge in [-0.25, -0.2) is 0 Å². The van der Waals surface area contributed by atoms with Gasteiger partial charge in [0, 0.05) is 18.3 Å². The Morgan fingerprint density at radius 1 is 1.19 bits per heavy atom. The molecule has 0 N–H and O–H groups in total. The molecular weight excluding hydrogens is 194 g/mol.